The molecule has 0 aromatic heterocycles. The van der Waals surface area contributed by atoms with E-state index in [4.69, 9.17) is 4.74 Å². The Morgan fingerprint density at radius 1 is 1.30 bits per heavy atom. The minimum atomic E-state index is -0.472. The van der Waals surface area contributed by atoms with Gasteiger partial charge in [-0.25, -0.2) is 4.79 Å². The van der Waals surface area contributed by atoms with Crippen LogP contribution in [0.15, 0.2) is 12.7 Å². The van der Waals surface area contributed by atoms with Crippen LogP contribution in [0.25, 0.3) is 0 Å². The predicted octanol–water partition coefficient (Wildman–Crippen LogP) is 0.396. The van der Waals surface area contributed by atoms with Crippen LogP contribution in [0.3, 0.4) is 0 Å². The van der Waals surface area contributed by atoms with E-state index in [-0.39, 0.29) is 30.2 Å². The van der Waals surface area contributed by atoms with Crippen LogP contribution in [0, 0.1) is 5.92 Å². The first-order chi connectivity index (χ1) is 12.8. The molecule has 3 aliphatic rings. The lowest BCUT2D eigenvalue weighted by atomic mass is 9.90. The Kier molecular flexibility index (Phi) is 5.74. The summed E-state index contributed by atoms with van der Waals surface area (Å²) in [4.78, 5) is 44.3. The van der Waals surface area contributed by atoms with Gasteiger partial charge in [0.1, 0.15) is 5.60 Å². The van der Waals surface area contributed by atoms with Gasteiger partial charge < -0.3 is 24.3 Å². The maximum atomic E-state index is 12.8. The van der Waals surface area contributed by atoms with Gasteiger partial charge >= 0.3 is 6.09 Å². The van der Waals surface area contributed by atoms with Crippen molar-refractivity contribution in [2.45, 2.75) is 24.9 Å². The van der Waals surface area contributed by atoms with Gasteiger partial charge in [0.05, 0.1) is 12.5 Å². The first-order valence-corrected chi connectivity index (χ1v) is 9.64. The molecule has 0 bridgehead atoms. The molecule has 0 N–H and O–H groups in total. The number of nitrogens with zero attached hydrogens (tertiary/aromatic N) is 4. The second-order valence-electron chi connectivity index (χ2n) is 8.09. The number of piperidine rings is 1. The molecule has 3 rings (SSSR count). The van der Waals surface area contributed by atoms with Crippen molar-refractivity contribution in [2.24, 2.45) is 5.92 Å². The van der Waals surface area contributed by atoms with Crippen LogP contribution in [0.4, 0.5) is 4.79 Å². The molecule has 0 aliphatic carbocycles. The quantitative estimate of drug-likeness (QED) is 0.626. The third-order valence-corrected chi connectivity index (χ3v) is 5.76. The van der Waals surface area contributed by atoms with Gasteiger partial charge in [-0.3, -0.25) is 9.59 Å². The lowest BCUT2D eigenvalue weighted by Gasteiger charge is -2.38. The number of amides is 3. The van der Waals surface area contributed by atoms with E-state index in [9.17, 15) is 14.4 Å². The molecule has 0 saturated carbocycles. The third kappa shape index (κ3) is 4.26. The third-order valence-electron chi connectivity index (χ3n) is 5.76. The molecule has 1 unspecified atom stereocenters. The van der Waals surface area contributed by atoms with Gasteiger partial charge in [-0.15, -0.1) is 6.58 Å². The Labute approximate surface area is 160 Å². The van der Waals surface area contributed by atoms with Gasteiger partial charge in [0.25, 0.3) is 0 Å². The first kappa shape index (κ1) is 19.7. The Balaban J connectivity index is 1.52. The molecule has 1 atom stereocenters. The van der Waals surface area contributed by atoms with E-state index in [1.165, 1.54) is 0 Å². The fourth-order valence-electron chi connectivity index (χ4n) is 4.11. The summed E-state index contributed by atoms with van der Waals surface area (Å²) in [5, 5.41) is 0. The highest BCUT2D eigenvalue weighted by molar-refractivity contribution is 5.89. The van der Waals surface area contributed by atoms with Crippen LogP contribution in [0.1, 0.15) is 19.3 Å². The number of rotatable bonds is 6. The maximum absolute atomic E-state index is 12.8. The fourth-order valence-corrected chi connectivity index (χ4v) is 4.11. The van der Waals surface area contributed by atoms with Crippen LogP contribution in [0.2, 0.25) is 0 Å². The molecule has 27 heavy (non-hydrogen) atoms. The standard InChI is InChI=1S/C19H30N4O4/c1-4-7-22-13-15(12-16(22)24)17(25)21-8-5-19(6-9-21)14-23(18(26)27-19)11-10-20(2)3/h4,15H,1,5-14H2,2-3H3. The minimum Gasteiger partial charge on any atom is -0.441 e. The van der Waals surface area contributed by atoms with E-state index in [1.807, 2.05) is 23.9 Å². The maximum Gasteiger partial charge on any atom is 0.410 e. The normalized spacial score (nSPS) is 24.9. The van der Waals surface area contributed by atoms with Gasteiger partial charge in [-0.2, -0.15) is 0 Å². The summed E-state index contributed by atoms with van der Waals surface area (Å²) in [5.41, 5.74) is -0.472. The van der Waals surface area contributed by atoms with Crippen LogP contribution in [0.5, 0.6) is 0 Å². The lowest BCUT2D eigenvalue weighted by Crippen LogP contribution is -2.50. The van der Waals surface area contributed by atoms with Crippen molar-refractivity contribution in [3.63, 3.8) is 0 Å². The summed E-state index contributed by atoms with van der Waals surface area (Å²) in [7, 11) is 3.95. The zero-order chi connectivity index (χ0) is 19.6. The molecule has 0 aromatic rings. The fraction of sp³-hybridized carbons (Fsp3) is 0.737. The Hall–Kier alpha value is -2.09. The predicted molar refractivity (Wildman–Crippen MR) is 100 cm³/mol. The van der Waals surface area contributed by atoms with E-state index >= 15 is 0 Å². The summed E-state index contributed by atoms with van der Waals surface area (Å²) < 4.78 is 5.71. The SMILES string of the molecule is C=CCN1CC(C(=O)N2CCC3(CC2)CN(CCN(C)C)C(=O)O3)CC1=O. The van der Waals surface area contributed by atoms with Crippen LogP contribution < -0.4 is 0 Å². The van der Waals surface area contributed by atoms with E-state index in [0.29, 0.717) is 52.1 Å². The monoisotopic (exact) mass is 378 g/mol. The Morgan fingerprint density at radius 2 is 2.00 bits per heavy atom. The average molecular weight is 378 g/mol. The van der Waals surface area contributed by atoms with Gasteiger partial charge in [-0.1, -0.05) is 6.08 Å². The molecular weight excluding hydrogens is 348 g/mol. The van der Waals surface area contributed by atoms with Gasteiger partial charge in [0.2, 0.25) is 11.8 Å². The molecule has 8 nitrogen and oxygen atoms in total. The number of hydrogen-bond donors (Lipinski definition) is 0. The number of likely N-dealkylation sites (N-methyl/N-ethyl adjacent to an activating group) is 1. The highest BCUT2D eigenvalue weighted by atomic mass is 16.6. The molecule has 3 amide bonds. The summed E-state index contributed by atoms with van der Waals surface area (Å²) in [6.45, 7) is 7.80. The largest absolute Gasteiger partial charge is 0.441 e. The van der Waals surface area contributed by atoms with Gasteiger partial charge in [-0.05, 0) is 14.1 Å². The average Bonchev–Trinajstić information content (AvgIpc) is 3.14. The van der Waals surface area contributed by atoms with E-state index in [1.54, 1.807) is 15.9 Å². The highest BCUT2D eigenvalue weighted by Crippen LogP contribution is 2.34. The van der Waals surface area contributed by atoms with Crippen LogP contribution in [-0.2, 0) is 14.3 Å². The first-order valence-electron chi connectivity index (χ1n) is 9.64. The number of likely N-dealkylation sites (tertiary alicyclic amines) is 2. The Morgan fingerprint density at radius 3 is 2.63 bits per heavy atom. The van der Waals surface area contributed by atoms with Crippen LogP contribution in [-0.4, -0.2) is 103 Å². The van der Waals surface area contributed by atoms with Gasteiger partial charge in [0.15, 0.2) is 0 Å². The number of carbonyl (C=O) groups is 3. The molecule has 150 valence electrons. The molecule has 1 spiro atoms. The second-order valence-corrected chi connectivity index (χ2v) is 8.09. The lowest BCUT2D eigenvalue weighted by molar-refractivity contribution is -0.139. The minimum absolute atomic E-state index is 0.0167. The number of carbonyl (C=O) groups excluding carboxylic acids is 3. The van der Waals surface area contributed by atoms with Crippen molar-refractivity contribution < 1.29 is 19.1 Å². The number of ether oxygens (including phenoxy) is 1. The van der Waals surface area contributed by atoms with Crippen molar-refractivity contribution >= 4 is 17.9 Å². The van der Waals surface area contributed by atoms with Crippen LogP contribution >= 0.6 is 0 Å². The summed E-state index contributed by atoms with van der Waals surface area (Å²) in [6.07, 6.45) is 3.02. The molecule has 0 aromatic carbocycles. The smallest absolute Gasteiger partial charge is 0.410 e. The van der Waals surface area contributed by atoms with E-state index in [0.717, 1.165) is 6.54 Å². The molecule has 8 heteroatoms. The molecule has 3 aliphatic heterocycles. The number of hydrogen-bond acceptors (Lipinski definition) is 5. The van der Waals surface area contributed by atoms with Crippen molar-refractivity contribution in [1.82, 2.24) is 19.6 Å². The van der Waals surface area contributed by atoms with E-state index in [2.05, 4.69) is 6.58 Å². The van der Waals surface area contributed by atoms with E-state index < -0.39 is 5.60 Å². The topological polar surface area (TPSA) is 73.4 Å². The van der Waals surface area contributed by atoms with Crippen molar-refractivity contribution in [3.05, 3.63) is 12.7 Å². The van der Waals surface area contributed by atoms with Crippen molar-refractivity contribution in [2.75, 3.05) is 59.9 Å². The molecule has 3 saturated heterocycles. The second kappa shape index (κ2) is 7.88. The molecule has 3 heterocycles. The highest BCUT2D eigenvalue weighted by Gasteiger charge is 2.48. The van der Waals surface area contributed by atoms with Crippen molar-refractivity contribution in [3.8, 4) is 0 Å². The van der Waals surface area contributed by atoms with Crippen molar-refractivity contribution in [1.29, 1.82) is 0 Å². The summed E-state index contributed by atoms with van der Waals surface area (Å²) in [6, 6.07) is 0. The summed E-state index contributed by atoms with van der Waals surface area (Å²) >= 11 is 0. The summed E-state index contributed by atoms with van der Waals surface area (Å²) in [5.74, 6) is -0.212. The van der Waals surface area contributed by atoms with Gasteiger partial charge in [0, 0.05) is 58.5 Å². The zero-order valence-corrected chi connectivity index (χ0v) is 16.4. The molecule has 3 fully saturated rings. The molecular formula is C19H30N4O4. The Bertz CT molecular complexity index is 613. The zero-order valence-electron chi connectivity index (χ0n) is 16.4. The molecule has 0 radical (unpaired) electrons.